The maximum Gasteiger partial charge on any atom is 0.266 e. The SMILES string of the molecule is COc1ccc(OC)c(S(=O)(=O)Nc2n[nH]c(C)c2C)c1. The number of rotatable bonds is 5. The van der Waals surface area contributed by atoms with Gasteiger partial charge in [0, 0.05) is 17.3 Å². The van der Waals surface area contributed by atoms with Crippen molar-refractivity contribution in [2.24, 2.45) is 0 Å². The van der Waals surface area contributed by atoms with Gasteiger partial charge in [0.25, 0.3) is 10.0 Å². The first-order valence-electron chi connectivity index (χ1n) is 6.15. The number of hydrogen-bond donors (Lipinski definition) is 2. The van der Waals surface area contributed by atoms with Gasteiger partial charge in [0.05, 0.1) is 14.2 Å². The Morgan fingerprint density at radius 2 is 1.90 bits per heavy atom. The van der Waals surface area contributed by atoms with E-state index >= 15 is 0 Å². The van der Waals surface area contributed by atoms with Crippen LogP contribution in [0.25, 0.3) is 0 Å². The molecule has 2 aromatic rings. The number of hydrogen-bond acceptors (Lipinski definition) is 5. The number of nitrogens with zero attached hydrogens (tertiary/aromatic N) is 1. The van der Waals surface area contributed by atoms with Crippen LogP contribution < -0.4 is 14.2 Å². The standard InChI is InChI=1S/C13H17N3O4S/c1-8-9(2)14-15-13(8)16-21(17,18)12-7-10(19-3)5-6-11(12)20-4/h5-7H,1-4H3,(H2,14,15,16). The number of anilines is 1. The van der Waals surface area contributed by atoms with Crippen LogP contribution in [-0.4, -0.2) is 32.8 Å². The van der Waals surface area contributed by atoms with E-state index in [1.807, 2.05) is 6.92 Å². The molecule has 21 heavy (non-hydrogen) atoms. The van der Waals surface area contributed by atoms with Gasteiger partial charge in [0.1, 0.15) is 16.4 Å². The third kappa shape index (κ3) is 2.94. The Balaban J connectivity index is 2.46. The number of aromatic amines is 1. The summed E-state index contributed by atoms with van der Waals surface area (Å²) in [5, 5.41) is 6.67. The Morgan fingerprint density at radius 1 is 1.19 bits per heavy atom. The zero-order valence-corrected chi connectivity index (χ0v) is 13.0. The van der Waals surface area contributed by atoms with Crippen molar-refractivity contribution in [3.63, 3.8) is 0 Å². The molecule has 0 spiro atoms. The second-order valence-corrected chi connectivity index (χ2v) is 6.10. The van der Waals surface area contributed by atoms with Gasteiger partial charge in [-0.1, -0.05) is 0 Å². The molecule has 2 rings (SSSR count). The first-order valence-corrected chi connectivity index (χ1v) is 7.63. The minimum atomic E-state index is -3.84. The lowest BCUT2D eigenvalue weighted by Gasteiger charge is -2.12. The normalized spacial score (nSPS) is 11.2. The average Bonchev–Trinajstić information content (AvgIpc) is 2.78. The molecule has 0 unspecified atom stereocenters. The van der Waals surface area contributed by atoms with Crippen LogP contribution in [0.15, 0.2) is 23.1 Å². The fourth-order valence-electron chi connectivity index (χ4n) is 1.76. The van der Waals surface area contributed by atoms with E-state index in [2.05, 4.69) is 14.9 Å². The molecule has 1 aromatic heterocycles. The Hall–Kier alpha value is -2.22. The lowest BCUT2D eigenvalue weighted by Crippen LogP contribution is -2.15. The van der Waals surface area contributed by atoms with Gasteiger partial charge in [-0.25, -0.2) is 8.42 Å². The van der Waals surface area contributed by atoms with Gasteiger partial charge in [-0.2, -0.15) is 5.10 Å². The molecular weight excluding hydrogens is 294 g/mol. The predicted octanol–water partition coefficient (Wildman–Crippen LogP) is 1.84. The zero-order valence-electron chi connectivity index (χ0n) is 12.2. The van der Waals surface area contributed by atoms with Gasteiger partial charge < -0.3 is 9.47 Å². The second kappa shape index (κ2) is 5.65. The number of sulfonamides is 1. The van der Waals surface area contributed by atoms with E-state index in [1.165, 1.54) is 26.4 Å². The van der Waals surface area contributed by atoms with Crippen molar-refractivity contribution in [2.75, 3.05) is 18.9 Å². The molecule has 0 fully saturated rings. The molecule has 1 heterocycles. The molecule has 0 saturated carbocycles. The molecule has 0 radical (unpaired) electrons. The van der Waals surface area contributed by atoms with Crippen LogP contribution in [0.5, 0.6) is 11.5 Å². The third-order valence-corrected chi connectivity index (χ3v) is 4.50. The average molecular weight is 311 g/mol. The molecule has 0 bridgehead atoms. The molecule has 2 N–H and O–H groups in total. The summed E-state index contributed by atoms with van der Waals surface area (Å²) in [7, 11) is -0.963. The first-order chi connectivity index (χ1) is 9.89. The highest BCUT2D eigenvalue weighted by molar-refractivity contribution is 7.92. The van der Waals surface area contributed by atoms with Gasteiger partial charge in [0.15, 0.2) is 5.82 Å². The van der Waals surface area contributed by atoms with Crippen LogP contribution in [0, 0.1) is 13.8 Å². The van der Waals surface area contributed by atoms with Crippen LogP contribution in [0.1, 0.15) is 11.3 Å². The number of nitrogens with one attached hydrogen (secondary N) is 2. The maximum atomic E-state index is 12.5. The number of aromatic nitrogens is 2. The molecule has 0 aliphatic heterocycles. The number of benzene rings is 1. The molecule has 0 aliphatic rings. The molecule has 0 atom stereocenters. The summed E-state index contributed by atoms with van der Waals surface area (Å²) in [6.45, 7) is 3.59. The monoisotopic (exact) mass is 311 g/mol. The summed E-state index contributed by atoms with van der Waals surface area (Å²) in [6.07, 6.45) is 0. The van der Waals surface area contributed by atoms with Gasteiger partial charge in [-0.3, -0.25) is 9.82 Å². The first kappa shape index (κ1) is 15.2. The van der Waals surface area contributed by atoms with Crippen molar-refractivity contribution in [1.29, 1.82) is 0 Å². The van der Waals surface area contributed by atoms with Gasteiger partial charge >= 0.3 is 0 Å². The van der Waals surface area contributed by atoms with Gasteiger partial charge in [-0.05, 0) is 26.0 Å². The van der Waals surface area contributed by atoms with Crippen molar-refractivity contribution < 1.29 is 17.9 Å². The van der Waals surface area contributed by atoms with Crippen molar-refractivity contribution in [2.45, 2.75) is 18.7 Å². The van der Waals surface area contributed by atoms with E-state index in [0.717, 1.165) is 11.3 Å². The zero-order chi connectivity index (χ0) is 15.6. The number of aryl methyl sites for hydroxylation is 1. The fourth-order valence-corrected chi connectivity index (χ4v) is 3.01. The Labute approximate surface area is 123 Å². The van der Waals surface area contributed by atoms with E-state index in [4.69, 9.17) is 9.47 Å². The number of ether oxygens (including phenoxy) is 2. The van der Waals surface area contributed by atoms with E-state index in [-0.39, 0.29) is 16.5 Å². The summed E-state index contributed by atoms with van der Waals surface area (Å²) >= 11 is 0. The molecule has 0 saturated heterocycles. The van der Waals surface area contributed by atoms with E-state index in [9.17, 15) is 8.42 Å². The Kier molecular flexibility index (Phi) is 4.08. The van der Waals surface area contributed by atoms with E-state index in [0.29, 0.717) is 5.75 Å². The molecule has 0 aliphatic carbocycles. The topological polar surface area (TPSA) is 93.3 Å². The highest BCUT2D eigenvalue weighted by Crippen LogP contribution is 2.30. The van der Waals surface area contributed by atoms with Crippen molar-refractivity contribution in [1.82, 2.24) is 10.2 Å². The summed E-state index contributed by atoms with van der Waals surface area (Å²) < 4.78 is 37.6. The highest BCUT2D eigenvalue weighted by atomic mass is 32.2. The van der Waals surface area contributed by atoms with Crippen molar-refractivity contribution in [3.8, 4) is 11.5 Å². The summed E-state index contributed by atoms with van der Waals surface area (Å²) in [6, 6.07) is 4.56. The Bertz CT molecular complexity index is 753. The molecule has 114 valence electrons. The van der Waals surface area contributed by atoms with Gasteiger partial charge in [-0.15, -0.1) is 0 Å². The molecule has 7 nitrogen and oxygen atoms in total. The quantitative estimate of drug-likeness (QED) is 0.879. The van der Waals surface area contributed by atoms with Crippen LogP contribution in [-0.2, 0) is 10.0 Å². The minimum absolute atomic E-state index is 0.00981. The van der Waals surface area contributed by atoms with Crippen LogP contribution >= 0.6 is 0 Å². The fraction of sp³-hybridized carbons (Fsp3) is 0.308. The highest BCUT2D eigenvalue weighted by Gasteiger charge is 2.22. The molecular formula is C13H17N3O4S. The van der Waals surface area contributed by atoms with Crippen molar-refractivity contribution >= 4 is 15.8 Å². The maximum absolute atomic E-state index is 12.5. The molecule has 8 heteroatoms. The number of H-pyrrole nitrogens is 1. The second-order valence-electron chi connectivity index (χ2n) is 4.44. The Morgan fingerprint density at radius 3 is 2.43 bits per heavy atom. The van der Waals surface area contributed by atoms with Crippen LogP contribution in [0.3, 0.4) is 0 Å². The van der Waals surface area contributed by atoms with E-state index < -0.39 is 10.0 Å². The lowest BCUT2D eigenvalue weighted by molar-refractivity contribution is 0.392. The smallest absolute Gasteiger partial charge is 0.266 e. The summed E-state index contributed by atoms with van der Waals surface area (Å²) in [4.78, 5) is -0.00981. The van der Waals surface area contributed by atoms with Gasteiger partial charge in [0.2, 0.25) is 0 Å². The number of methoxy groups -OCH3 is 2. The van der Waals surface area contributed by atoms with Crippen molar-refractivity contribution in [3.05, 3.63) is 29.5 Å². The lowest BCUT2D eigenvalue weighted by atomic mass is 10.3. The largest absolute Gasteiger partial charge is 0.497 e. The minimum Gasteiger partial charge on any atom is -0.497 e. The van der Waals surface area contributed by atoms with Crippen LogP contribution in [0.4, 0.5) is 5.82 Å². The summed E-state index contributed by atoms with van der Waals surface area (Å²) in [5.41, 5.74) is 1.53. The molecule has 1 aromatic carbocycles. The van der Waals surface area contributed by atoms with E-state index in [1.54, 1.807) is 13.0 Å². The van der Waals surface area contributed by atoms with Crippen LogP contribution in [0.2, 0.25) is 0 Å². The third-order valence-electron chi connectivity index (χ3n) is 3.14. The predicted molar refractivity (Wildman–Crippen MR) is 78.4 cm³/mol. The molecule has 0 amide bonds. The summed E-state index contributed by atoms with van der Waals surface area (Å²) in [5.74, 6) is 0.914.